The molecule has 0 heterocycles. The maximum atomic E-state index is 11.8. The van der Waals surface area contributed by atoms with Crippen molar-refractivity contribution in [3.8, 4) is 11.8 Å². The largest absolute Gasteiger partial charge is 0.508 e. The summed E-state index contributed by atoms with van der Waals surface area (Å²) in [6.45, 7) is 0.555. The van der Waals surface area contributed by atoms with E-state index in [4.69, 9.17) is 5.26 Å². The average Bonchev–Trinajstić information content (AvgIpc) is 2.50. The summed E-state index contributed by atoms with van der Waals surface area (Å²) >= 11 is 0. The third-order valence-corrected chi connectivity index (χ3v) is 3.12. The van der Waals surface area contributed by atoms with Crippen molar-refractivity contribution >= 4 is 5.91 Å². The molecule has 0 unspecified atom stereocenters. The Morgan fingerprint density at radius 1 is 1.05 bits per heavy atom. The minimum Gasteiger partial charge on any atom is -0.508 e. The van der Waals surface area contributed by atoms with Crippen LogP contribution in [0.15, 0.2) is 48.5 Å². The molecule has 0 aliphatic carbocycles. The van der Waals surface area contributed by atoms with Crippen molar-refractivity contribution in [3.63, 3.8) is 0 Å². The highest BCUT2D eigenvalue weighted by Gasteiger charge is 2.03. The van der Waals surface area contributed by atoms with Crippen LogP contribution in [0.3, 0.4) is 0 Å². The van der Waals surface area contributed by atoms with E-state index in [2.05, 4.69) is 5.32 Å². The van der Waals surface area contributed by atoms with Gasteiger partial charge in [0.1, 0.15) is 5.75 Å². The van der Waals surface area contributed by atoms with Gasteiger partial charge in [-0.25, -0.2) is 0 Å². The summed E-state index contributed by atoms with van der Waals surface area (Å²) in [4.78, 5) is 11.8. The van der Waals surface area contributed by atoms with Crippen LogP contribution in [0.25, 0.3) is 0 Å². The number of hydrogen-bond acceptors (Lipinski definition) is 3. The van der Waals surface area contributed by atoms with Crippen LogP contribution in [0.2, 0.25) is 0 Å². The van der Waals surface area contributed by atoms with E-state index < -0.39 is 0 Å². The molecule has 2 aromatic carbocycles. The van der Waals surface area contributed by atoms with Gasteiger partial charge in [0, 0.05) is 6.54 Å². The number of nitriles is 1. The van der Waals surface area contributed by atoms with E-state index in [-0.39, 0.29) is 11.7 Å². The van der Waals surface area contributed by atoms with Gasteiger partial charge in [-0.15, -0.1) is 0 Å². The van der Waals surface area contributed by atoms with E-state index in [0.717, 1.165) is 17.5 Å². The predicted molar refractivity (Wildman–Crippen MR) is 79.7 cm³/mol. The Morgan fingerprint density at radius 2 is 1.67 bits per heavy atom. The maximum absolute atomic E-state index is 11.8. The van der Waals surface area contributed by atoms with Crippen molar-refractivity contribution in [3.05, 3.63) is 65.2 Å². The Bertz CT molecular complexity index is 640. The lowest BCUT2D eigenvalue weighted by molar-refractivity contribution is -0.120. The number of nitrogens with one attached hydrogen (secondary N) is 1. The minimum atomic E-state index is -0.0431. The van der Waals surface area contributed by atoms with Crippen LogP contribution in [0.5, 0.6) is 5.75 Å². The second-order valence-electron chi connectivity index (χ2n) is 4.75. The standard InChI is InChI=1S/C17H16N2O2/c18-12-15-3-1-14(2-4-15)11-17(21)19-10-9-13-5-7-16(20)8-6-13/h1-8,20H,9-11H2,(H,19,21). The minimum absolute atomic E-state index is 0.0431. The number of benzene rings is 2. The van der Waals surface area contributed by atoms with E-state index in [1.54, 1.807) is 36.4 Å². The fourth-order valence-corrected chi connectivity index (χ4v) is 1.95. The number of phenolic OH excluding ortho intramolecular Hbond substituents is 1. The summed E-state index contributed by atoms with van der Waals surface area (Å²) in [7, 11) is 0. The van der Waals surface area contributed by atoms with Gasteiger partial charge in [-0.2, -0.15) is 5.26 Å². The SMILES string of the molecule is N#Cc1ccc(CC(=O)NCCc2ccc(O)cc2)cc1. The summed E-state index contributed by atoms with van der Waals surface area (Å²) in [6.07, 6.45) is 1.03. The monoisotopic (exact) mass is 280 g/mol. The van der Waals surface area contributed by atoms with E-state index in [9.17, 15) is 9.90 Å². The predicted octanol–water partition coefficient (Wildman–Crippen LogP) is 2.17. The Labute approximate surface area is 123 Å². The normalized spacial score (nSPS) is 9.86. The molecular weight excluding hydrogens is 264 g/mol. The van der Waals surface area contributed by atoms with Gasteiger partial charge < -0.3 is 10.4 Å². The number of nitrogens with zero attached hydrogens (tertiary/aromatic N) is 1. The molecule has 0 saturated heterocycles. The quantitative estimate of drug-likeness (QED) is 0.881. The van der Waals surface area contributed by atoms with Crippen molar-refractivity contribution in [1.29, 1.82) is 5.26 Å². The van der Waals surface area contributed by atoms with Crippen LogP contribution in [-0.4, -0.2) is 17.6 Å². The van der Waals surface area contributed by atoms with E-state index in [0.29, 0.717) is 18.5 Å². The van der Waals surface area contributed by atoms with Crippen molar-refractivity contribution in [1.82, 2.24) is 5.32 Å². The number of carbonyl (C=O) groups excluding carboxylic acids is 1. The molecule has 0 fully saturated rings. The highest BCUT2D eigenvalue weighted by molar-refractivity contribution is 5.78. The zero-order valence-corrected chi connectivity index (χ0v) is 11.5. The second-order valence-corrected chi connectivity index (χ2v) is 4.75. The molecule has 2 N–H and O–H groups in total. The molecule has 4 heteroatoms. The Balaban J connectivity index is 1.76. The molecule has 21 heavy (non-hydrogen) atoms. The number of aromatic hydroxyl groups is 1. The molecule has 1 amide bonds. The highest BCUT2D eigenvalue weighted by atomic mass is 16.3. The second kappa shape index (κ2) is 7.11. The molecule has 106 valence electrons. The number of amides is 1. The first-order valence-electron chi connectivity index (χ1n) is 6.71. The third kappa shape index (κ3) is 4.66. The Kier molecular flexibility index (Phi) is 4.94. The zero-order valence-electron chi connectivity index (χ0n) is 11.5. The molecule has 0 radical (unpaired) electrons. The fraction of sp³-hybridized carbons (Fsp3) is 0.176. The summed E-state index contributed by atoms with van der Waals surface area (Å²) in [5.74, 6) is 0.196. The number of hydrogen-bond donors (Lipinski definition) is 2. The Morgan fingerprint density at radius 3 is 2.29 bits per heavy atom. The van der Waals surface area contributed by atoms with Gasteiger partial charge in [0.05, 0.1) is 18.1 Å². The van der Waals surface area contributed by atoms with Crippen molar-refractivity contribution in [2.75, 3.05) is 6.54 Å². The van der Waals surface area contributed by atoms with Crippen LogP contribution < -0.4 is 5.32 Å². The van der Waals surface area contributed by atoms with Gasteiger partial charge in [-0.1, -0.05) is 24.3 Å². The van der Waals surface area contributed by atoms with E-state index in [1.165, 1.54) is 0 Å². The molecule has 0 saturated carbocycles. The zero-order chi connectivity index (χ0) is 15.1. The average molecular weight is 280 g/mol. The molecule has 0 atom stereocenters. The fourth-order valence-electron chi connectivity index (χ4n) is 1.95. The first-order chi connectivity index (χ1) is 10.2. The summed E-state index contributed by atoms with van der Waals surface area (Å²) in [5, 5.41) is 20.7. The smallest absolute Gasteiger partial charge is 0.224 e. The van der Waals surface area contributed by atoms with Crippen LogP contribution in [0.4, 0.5) is 0 Å². The first-order valence-corrected chi connectivity index (χ1v) is 6.71. The molecule has 2 rings (SSSR count). The lowest BCUT2D eigenvalue weighted by atomic mass is 10.1. The summed E-state index contributed by atoms with van der Waals surface area (Å²) in [6, 6.07) is 16.0. The molecule has 4 nitrogen and oxygen atoms in total. The molecule has 2 aromatic rings. The molecule has 0 spiro atoms. The molecule has 0 aliphatic rings. The highest BCUT2D eigenvalue weighted by Crippen LogP contribution is 2.09. The van der Waals surface area contributed by atoms with Gasteiger partial charge in [0.15, 0.2) is 0 Å². The van der Waals surface area contributed by atoms with Crippen LogP contribution >= 0.6 is 0 Å². The third-order valence-electron chi connectivity index (χ3n) is 3.12. The summed E-state index contributed by atoms with van der Waals surface area (Å²) < 4.78 is 0. The van der Waals surface area contributed by atoms with Crippen molar-refractivity contribution in [2.24, 2.45) is 0 Å². The van der Waals surface area contributed by atoms with Crippen LogP contribution in [-0.2, 0) is 17.6 Å². The molecule has 0 bridgehead atoms. The van der Waals surface area contributed by atoms with Gasteiger partial charge in [-0.3, -0.25) is 4.79 Å². The summed E-state index contributed by atoms with van der Waals surface area (Å²) in [5.41, 5.74) is 2.54. The van der Waals surface area contributed by atoms with Gasteiger partial charge in [0.25, 0.3) is 0 Å². The number of carbonyl (C=O) groups is 1. The number of phenols is 1. The maximum Gasteiger partial charge on any atom is 0.224 e. The first kappa shape index (κ1) is 14.6. The topological polar surface area (TPSA) is 73.1 Å². The van der Waals surface area contributed by atoms with E-state index >= 15 is 0 Å². The van der Waals surface area contributed by atoms with Crippen molar-refractivity contribution < 1.29 is 9.90 Å². The van der Waals surface area contributed by atoms with E-state index in [1.807, 2.05) is 18.2 Å². The molecule has 0 aliphatic heterocycles. The molecular formula is C17H16N2O2. The van der Waals surface area contributed by atoms with Crippen LogP contribution in [0, 0.1) is 11.3 Å². The lowest BCUT2D eigenvalue weighted by Gasteiger charge is -2.06. The van der Waals surface area contributed by atoms with Crippen LogP contribution in [0.1, 0.15) is 16.7 Å². The Hall–Kier alpha value is -2.80. The van der Waals surface area contributed by atoms with Gasteiger partial charge in [0.2, 0.25) is 5.91 Å². The lowest BCUT2D eigenvalue weighted by Crippen LogP contribution is -2.27. The van der Waals surface area contributed by atoms with Gasteiger partial charge in [-0.05, 0) is 41.8 Å². The molecule has 0 aromatic heterocycles. The van der Waals surface area contributed by atoms with Gasteiger partial charge >= 0.3 is 0 Å². The van der Waals surface area contributed by atoms with Crippen molar-refractivity contribution in [2.45, 2.75) is 12.8 Å². The number of rotatable bonds is 5.